The molecule has 0 heterocycles. The molecule has 0 atom stereocenters. The lowest BCUT2D eigenvalue weighted by Gasteiger charge is -2.25. The Morgan fingerprint density at radius 1 is 0.279 bits per heavy atom. The number of nitrogens with zero attached hydrogens (tertiary/aromatic N) is 1. The van der Waals surface area contributed by atoms with Crippen molar-refractivity contribution in [3.8, 4) is 22.3 Å². The lowest BCUT2D eigenvalue weighted by Crippen LogP contribution is -2.09. The molecule has 0 unspecified atom stereocenters. The summed E-state index contributed by atoms with van der Waals surface area (Å²) in [4.78, 5) is 2.31. The Morgan fingerprint density at radius 2 is 0.814 bits per heavy atom. The zero-order valence-electron chi connectivity index (χ0n) is 23.7. The highest BCUT2D eigenvalue weighted by Crippen LogP contribution is 2.38. The Balaban J connectivity index is 1.15. The predicted molar refractivity (Wildman–Crippen MR) is 185 cm³/mol. The maximum absolute atomic E-state index is 2.33. The molecule has 0 spiro atoms. The van der Waals surface area contributed by atoms with Gasteiger partial charge in [0.25, 0.3) is 0 Å². The van der Waals surface area contributed by atoms with Crippen LogP contribution < -0.4 is 4.90 Å². The van der Waals surface area contributed by atoms with E-state index >= 15 is 0 Å². The second kappa shape index (κ2) is 10.6. The first-order valence-electron chi connectivity index (χ1n) is 14.8. The summed E-state index contributed by atoms with van der Waals surface area (Å²) in [6, 6.07) is 63.4. The zero-order valence-corrected chi connectivity index (χ0v) is 23.7. The molecule has 0 bridgehead atoms. The van der Waals surface area contributed by atoms with Crippen LogP contribution in [0, 0.1) is 0 Å². The van der Waals surface area contributed by atoms with E-state index in [1.165, 1.54) is 54.6 Å². The van der Waals surface area contributed by atoms with Crippen LogP contribution in [-0.2, 0) is 0 Å². The van der Waals surface area contributed by atoms with Crippen LogP contribution in [0.3, 0.4) is 0 Å². The number of benzene rings is 8. The summed E-state index contributed by atoms with van der Waals surface area (Å²) in [5.74, 6) is 0. The first-order valence-corrected chi connectivity index (χ1v) is 14.8. The molecule has 0 aliphatic rings. The third-order valence-corrected chi connectivity index (χ3v) is 8.41. The van der Waals surface area contributed by atoms with Crippen molar-refractivity contribution in [1.82, 2.24) is 0 Å². The van der Waals surface area contributed by atoms with E-state index in [1.54, 1.807) is 0 Å². The van der Waals surface area contributed by atoms with E-state index in [2.05, 4.69) is 181 Å². The van der Waals surface area contributed by atoms with Gasteiger partial charge in [-0.05, 0) is 103 Å². The van der Waals surface area contributed by atoms with E-state index in [4.69, 9.17) is 0 Å². The summed E-state index contributed by atoms with van der Waals surface area (Å²) in [6.45, 7) is 0. The Hall–Kier alpha value is -5.66. The number of rotatable bonds is 5. The van der Waals surface area contributed by atoms with Gasteiger partial charge in [-0.1, -0.05) is 127 Å². The molecule has 0 N–H and O–H groups in total. The molecule has 8 rings (SSSR count). The van der Waals surface area contributed by atoms with Gasteiger partial charge in [-0.15, -0.1) is 0 Å². The summed E-state index contributed by atoms with van der Waals surface area (Å²) < 4.78 is 0. The van der Waals surface area contributed by atoms with Crippen LogP contribution in [0.15, 0.2) is 176 Å². The molecule has 0 aliphatic carbocycles. The molecule has 0 saturated carbocycles. The number of fused-ring (bicyclic) bond motifs is 4. The molecule has 0 radical (unpaired) electrons. The van der Waals surface area contributed by atoms with Crippen molar-refractivity contribution in [2.75, 3.05) is 4.90 Å². The summed E-state index contributed by atoms with van der Waals surface area (Å²) in [7, 11) is 0. The van der Waals surface area contributed by atoms with Gasteiger partial charge in [0.15, 0.2) is 0 Å². The van der Waals surface area contributed by atoms with E-state index in [-0.39, 0.29) is 0 Å². The molecule has 1 heteroatoms. The number of hydrogen-bond donors (Lipinski definition) is 0. The highest BCUT2D eigenvalue weighted by Gasteiger charge is 2.13. The Labute approximate surface area is 251 Å². The molecule has 0 aromatic heterocycles. The van der Waals surface area contributed by atoms with E-state index in [0.717, 1.165) is 17.1 Å². The maximum atomic E-state index is 2.33. The second-order valence-electron chi connectivity index (χ2n) is 11.0. The van der Waals surface area contributed by atoms with Gasteiger partial charge in [-0.3, -0.25) is 0 Å². The van der Waals surface area contributed by atoms with Crippen LogP contribution in [0.1, 0.15) is 0 Å². The lowest BCUT2D eigenvalue weighted by molar-refractivity contribution is 1.29. The quantitative estimate of drug-likeness (QED) is 0.194. The predicted octanol–water partition coefficient (Wildman–Crippen LogP) is 11.9. The normalized spacial score (nSPS) is 11.3. The third-order valence-electron chi connectivity index (χ3n) is 8.41. The number of anilines is 3. The van der Waals surface area contributed by atoms with Crippen molar-refractivity contribution >= 4 is 49.4 Å². The molecule has 43 heavy (non-hydrogen) atoms. The highest BCUT2D eigenvalue weighted by atomic mass is 15.1. The second-order valence-corrected chi connectivity index (χ2v) is 11.0. The first-order chi connectivity index (χ1) is 21.3. The summed E-state index contributed by atoms with van der Waals surface area (Å²) in [5.41, 5.74) is 8.37. The minimum atomic E-state index is 1.14. The van der Waals surface area contributed by atoms with Gasteiger partial charge in [0.1, 0.15) is 0 Å². The smallest absolute Gasteiger partial charge is 0.0468 e. The van der Waals surface area contributed by atoms with E-state index < -0.39 is 0 Å². The van der Waals surface area contributed by atoms with Crippen LogP contribution in [0.25, 0.3) is 54.6 Å². The molecule has 0 fully saturated rings. The topological polar surface area (TPSA) is 3.24 Å². The van der Waals surface area contributed by atoms with Crippen molar-refractivity contribution in [2.45, 2.75) is 0 Å². The van der Waals surface area contributed by atoms with Gasteiger partial charge in [-0.25, -0.2) is 0 Å². The fourth-order valence-corrected chi connectivity index (χ4v) is 6.29. The van der Waals surface area contributed by atoms with E-state index in [9.17, 15) is 0 Å². The number of para-hydroxylation sites is 2. The third kappa shape index (κ3) is 4.62. The summed E-state index contributed by atoms with van der Waals surface area (Å²) in [5, 5.41) is 7.60. The standard InChI is InChI=1S/C42H29N/c1-3-12-36(13-4-1)43(37-14-5-2-6-15-37)38-26-25-33-27-32(23-24-34(33)28-38)30-19-21-31(22-20-30)42-29-35-11-7-8-16-39(35)40-17-9-10-18-41(40)42/h1-29H. The zero-order chi connectivity index (χ0) is 28.6. The fraction of sp³-hybridized carbons (Fsp3) is 0. The Bertz CT molecular complexity index is 2180. The lowest BCUT2D eigenvalue weighted by atomic mass is 9.92. The summed E-state index contributed by atoms with van der Waals surface area (Å²) >= 11 is 0. The Morgan fingerprint density at radius 3 is 1.53 bits per heavy atom. The first kappa shape index (κ1) is 25.1. The van der Waals surface area contributed by atoms with Crippen molar-refractivity contribution in [3.05, 3.63) is 176 Å². The average Bonchev–Trinajstić information content (AvgIpc) is 3.09. The van der Waals surface area contributed by atoms with Crippen molar-refractivity contribution < 1.29 is 0 Å². The van der Waals surface area contributed by atoms with Crippen LogP contribution in [0.2, 0.25) is 0 Å². The number of hydrogen-bond acceptors (Lipinski definition) is 1. The highest BCUT2D eigenvalue weighted by molar-refractivity contribution is 6.13. The minimum absolute atomic E-state index is 1.14. The van der Waals surface area contributed by atoms with Gasteiger partial charge >= 0.3 is 0 Å². The van der Waals surface area contributed by atoms with Gasteiger partial charge in [-0.2, -0.15) is 0 Å². The van der Waals surface area contributed by atoms with Crippen molar-refractivity contribution in [3.63, 3.8) is 0 Å². The minimum Gasteiger partial charge on any atom is -0.310 e. The molecule has 0 saturated heterocycles. The fourth-order valence-electron chi connectivity index (χ4n) is 6.29. The van der Waals surface area contributed by atoms with E-state index in [0.29, 0.717) is 0 Å². The van der Waals surface area contributed by atoms with Crippen molar-refractivity contribution in [1.29, 1.82) is 0 Å². The van der Waals surface area contributed by atoms with Crippen LogP contribution in [0.4, 0.5) is 17.1 Å². The maximum Gasteiger partial charge on any atom is 0.0468 e. The average molecular weight is 548 g/mol. The molecule has 1 nitrogen and oxygen atoms in total. The van der Waals surface area contributed by atoms with Crippen LogP contribution in [0.5, 0.6) is 0 Å². The molecular weight excluding hydrogens is 518 g/mol. The summed E-state index contributed by atoms with van der Waals surface area (Å²) in [6.07, 6.45) is 0. The molecular formula is C42H29N. The van der Waals surface area contributed by atoms with E-state index in [1.807, 2.05) is 0 Å². The van der Waals surface area contributed by atoms with Crippen LogP contribution in [-0.4, -0.2) is 0 Å². The van der Waals surface area contributed by atoms with Gasteiger partial charge in [0.2, 0.25) is 0 Å². The molecule has 202 valence electrons. The van der Waals surface area contributed by atoms with Gasteiger partial charge in [0.05, 0.1) is 0 Å². The van der Waals surface area contributed by atoms with Gasteiger partial charge in [0, 0.05) is 17.1 Å². The monoisotopic (exact) mass is 547 g/mol. The van der Waals surface area contributed by atoms with Crippen LogP contribution >= 0.6 is 0 Å². The van der Waals surface area contributed by atoms with Crippen molar-refractivity contribution in [2.24, 2.45) is 0 Å². The Kier molecular flexibility index (Phi) is 6.20. The molecule has 8 aromatic carbocycles. The molecule has 0 aliphatic heterocycles. The largest absolute Gasteiger partial charge is 0.310 e. The SMILES string of the molecule is c1ccc(N(c2ccccc2)c2ccc3cc(-c4ccc(-c5cc6ccccc6c6ccccc56)cc4)ccc3c2)cc1. The molecule has 8 aromatic rings. The molecule has 0 amide bonds. The van der Waals surface area contributed by atoms with Gasteiger partial charge < -0.3 is 4.90 Å².